The molecule has 0 aliphatic carbocycles. The first-order valence-electron chi connectivity index (χ1n) is 5.02. The Balaban J connectivity index is 2.86. The molecule has 0 aliphatic heterocycles. The Kier molecular flexibility index (Phi) is 9.48. The molecule has 0 radical (unpaired) electrons. The zero-order valence-electron chi connectivity index (χ0n) is 8.19. The molecule has 1 heteroatoms. The van der Waals surface area contributed by atoms with Gasteiger partial charge in [-0.25, -0.2) is 0 Å². The molecule has 0 heterocycles. The monoisotopic (exact) mass is 232 g/mol. The van der Waals surface area contributed by atoms with Gasteiger partial charge in [0.25, 0.3) is 0 Å². The molecule has 0 rings (SSSR count). The SMILES string of the molecule is C=CCCCCCCCC(C)Br. The third-order valence-corrected chi connectivity index (χ3v) is 2.47. The molecule has 0 aromatic heterocycles. The predicted molar refractivity (Wildman–Crippen MR) is 60.9 cm³/mol. The highest BCUT2D eigenvalue weighted by atomic mass is 79.9. The van der Waals surface area contributed by atoms with Gasteiger partial charge in [-0.15, -0.1) is 6.58 Å². The molecule has 0 saturated heterocycles. The van der Waals surface area contributed by atoms with Crippen molar-refractivity contribution in [1.82, 2.24) is 0 Å². The zero-order valence-corrected chi connectivity index (χ0v) is 9.78. The molecule has 0 bridgehead atoms. The van der Waals surface area contributed by atoms with E-state index in [0.717, 1.165) is 0 Å². The Morgan fingerprint density at radius 2 is 1.75 bits per heavy atom. The summed E-state index contributed by atoms with van der Waals surface area (Å²) in [6.45, 7) is 5.93. The molecule has 0 nitrogen and oxygen atoms in total. The van der Waals surface area contributed by atoms with E-state index in [9.17, 15) is 0 Å². The molecule has 0 saturated carbocycles. The average molecular weight is 233 g/mol. The van der Waals surface area contributed by atoms with Crippen molar-refractivity contribution >= 4 is 15.9 Å². The molecule has 72 valence electrons. The van der Waals surface area contributed by atoms with Crippen molar-refractivity contribution in [2.45, 2.75) is 56.7 Å². The molecule has 0 N–H and O–H groups in total. The van der Waals surface area contributed by atoms with Gasteiger partial charge in [-0.2, -0.15) is 0 Å². The highest BCUT2D eigenvalue weighted by Crippen LogP contribution is 2.12. The van der Waals surface area contributed by atoms with Crippen molar-refractivity contribution in [2.75, 3.05) is 0 Å². The van der Waals surface area contributed by atoms with Crippen LogP contribution in [-0.2, 0) is 0 Å². The summed E-state index contributed by atoms with van der Waals surface area (Å²) < 4.78 is 0. The van der Waals surface area contributed by atoms with Gasteiger partial charge in [-0.3, -0.25) is 0 Å². The summed E-state index contributed by atoms with van der Waals surface area (Å²) in [5.74, 6) is 0. The van der Waals surface area contributed by atoms with E-state index in [0.29, 0.717) is 4.83 Å². The van der Waals surface area contributed by atoms with Crippen LogP contribution in [0.3, 0.4) is 0 Å². The lowest BCUT2D eigenvalue weighted by Gasteiger charge is -2.02. The first-order valence-corrected chi connectivity index (χ1v) is 5.94. The van der Waals surface area contributed by atoms with E-state index in [1.165, 1.54) is 44.9 Å². The van der Waals surface area contributed by atoms with E-state index in [-0.39, 0.29) is 0 Å². The molecule has 0 aliphatic rings. The van der Waals surface area contributed by atoms with Gasteiger partial charge in [0.05, 0.1) is 0 Å². The van der Waals surface area contributed by atoms with Crippen LogP contribution in [0.2, 0.25) is 0 Å². The van der Waals surface area contributed by atoms with E-state index in [2.05, 4.69) is 29.4 Å². The van der Waals surface area contributed by atoms with Crippen LogP contribution in [0.4, 0.5) is 0 Å². The van der Waals surface area contributed by atoms with Gasteiger partial charge in [0.15, 0.2) is 0 Å². The number of unbranched alkanes of at least 4 members (excludes halogenated alkanes) is 5. The van der Waals surface area contributed by atoms with Crippen LogP contribution < -0.4 is 0 Å². The second kappa shape index (κ2) is 9.31. The maximum absolute atomic E-state index is 3.71. The number of hydrogen-bond donors (Lipinski definition) is 0. The molecular weight excluding hydrogens is 212 g/mol. The van der Waals surface area contributed by atoms with E-state index in [1.54, 1.807) is 0 Å². The lowest BCUT2D eigenvalue weighted by Crippen LogP contribution is -1.89. The molecule has 1 atom stereocenters. The molecule has 0 aromatic rings. The van der Waals surface area contributed by atoms with Crippen LogP contribution in [-0.4, -0.2) is 4.83 Å². The largest absolute Gasteiger partial charge is 0.103 e. The summed E-state index contributed by atoms with van der Waals surface area (Å²) in [4.78, 5) is 0.700. The van der Waals surface area contributed by atoms with Crippen LogP contribution >= 0.6 is 15.9 Å². The zero-order chi connectivity index (χ0) is 9.23. The van der Waals surface area contributed by atoms with Crippen LogP contribution in [0.15, 0.2) is 12.7 Å². The highest BCUT2D eigenvalue weighted by molar-refractivity contribution is 9.09. The number of halogens is 1. The van der Waals surface area contributed by atoms with Gasteiger partial charge in [-0.05, 0) is 19.3 Å². The maximum Gasteiger partial charge on any atom is 0.0117 e. The smallest absolute Gasteiger partial charge is 0.0117 e. The molecule has 0 fully saturated rings. The summed E-state index contributed by atoms with van der Waals surface area (Å²) >= 11 is 3.56. The third-order valence-electron chi connectivity index (χ3n) is 2.01. The topological polar surface area (TPSA) is 0 Å². The van der Waals surface area contributed by atoms with Gasteiger partial charge in [0.1, 0.15) is 0 Å². The van der Waals surface area contributed by atoms with E-state index >= 15 is 0 Å². The minimum absolute atomic E-state index is 0.700. The Hall–Kier alpha value is 0.220. The van der Waals surface area contributed by atoms with Gasteiger partial charge in [-0.1, -0.05) is 54.6 Å². The summed E-state index contributed by atoms with van der Waals surface area (Å²) in [6, 6.07) is 0. The normalized spacial score (nSPS) is 12.8. The van der Waals surface area contributed by atoms with Crippen LogP contribution in [0.1, 0.15) is 51.9 Å². The minimum Gasteiger partial charge on any atom is -0.103 e. The number of alkyl halides is 1. The second-order valence-corrected chi connectivity index (χ2v) is 4.98. The molecule has 0 amide bonds. The first kappa shape index (κ1) is 12.2. The lowest BCUT2D eigenvalue weighted by molar-refractivity contribution is 0.598. The van der Waals surface area contributed by atoms with Crippen LogP contribution in [0.25, 0.3) is 0 Å². The Labute approximate surface area is 85.6 Å². The minimum atomic E-state index is 0.700. The summed E-state index contributed by atoms with van der Waals surface area (Å²) in [5.41, 5.74) is 0. The molecule has 0 aromatic carbocycles. The third kappa shape index (κ3) is 10.2. The predicted octanol–water partition coefficient (Wildman–Crippen LogP) is 4.69. The summed E-state index contributed by atoms with van der Waals surface area (Å²) in [7, 11) is 0. The molecule has 1 unspecified atom stereocenters. The summed E-state index contributed by atoms with van der Waals surface area (Å²) in [6.07, 6.45) is 11.4. The van der Waals surface area contributed by atoms with Gasteiger partial charge >= 0.3 is 0 Å². The highest BCUT2D eigenvalue weighted by Gasteiger charge is 1.94. The van der Waals surface area contributed by atoms with Crippen LogP contribution in [0, 0.1) is 0 Å². The van der Waals surface area contributed by atoms with E-state index in [1.807, 2.05) is 6.08 Å². The van der Waals surface area contributed by atoms with Crippen molar-refractivity contribution in [3.8, 4) is 0 Å². The Morgan fingerprint density at radius 1 is 1.17 bits per heavy atom. The van der Waals surface area contributed by atoms with Crippen molar-refractivity contribution in [1.29, 1.82) is 0 Å². The molecule has 0 spiro atoms. The van der Waals surface area contributed by atoms with Crippen molar-refractivity contribution in [3.63, 3.8) is 0 Å². The van der Waals surface area contributed by atoms with E-state index < -0.39 is 0 Å². The van der Waals surface area contributed by atoms with Gasteiger partial charge < -0.3 is 0 Å². The fourth-order valence-electron chi connectivity index (χ4n) is 1.24. The van der Waals surface area contributed by atoms with Crippen molar-refractivity contribution < 1.29 is 0 Å². The van der Waals surface area contributed by atoms with Crippen molar-refractivity contribution in [2.24, 2.45) is 0 Å². The number of hydrogen-bond acceptors (Lipinski definition) is 0. The lowest BCUT2D eigenvalue weighted by atomic mass is 10.1. The van der Waals surface area contributed by atoms with E-state index in [4.69, 9.17) is 0 Å². The Morgan fingerprint density at radius 3 is 2.33 bits per heavy atom. The fraction of sp³-hybridized carbons (Fsp3) is 0.818. The van der Waals surface area contributed by atoms with Gasteiger partial charge in [0, 0.05) is 4.83 Å². The summed E-state index contributed by atoms with van der Waals surface area (Å²) in [5, 5.41) is 0. The number of allylic oxidation sites excluding steroid dienone is 1. The fourth-order valence-corrected chi connectivity index (χ4v) is 1.57. The standard InChI is InChI=1S/C11H21Br/c1-3-4-5-6-7-8-9-10-11(2)12/h3,11H,1,4-10H2,2H3. The van der Waals surface area contributed by atoms with Crippen LogP contribution in [0.5, 0.6) is 0 Å². The number of rotatable bonds is 8. The van der Waals surface area contributed by atoms with Gasteiger partial charge in [0.2, 0.25) is 0 Å². The first-order chi connectivity index (χ1) is 5.77. The van der Waals surface area contributed by atoms with Crippen molar-refractivity contribution in [3.05, 3.63) is 12.7 Å². The average Bonchev–Trinajstić information content (AvgIpc) is 2.02. The molecule has 12 heavy (non-hydrogen) atoms. The quantitative estimate of drug-likeness (QED) is 0.324. The second-order valence-electron chi connectivity index (χ2n) is 3.41. The Bertz CT molecular complexity index is 97.2. The molecular formula is C11H21Br. The maximum atomic E-state index is 3.71.